The molecule has 2 aromatic heterocycles. The van der Waals surface area contributed by atoms with Crippen molar-refractivity contribution in [1.82, 2.24) is 9.97 Å². The lowest BCUT2D eigenvalue weighted by molar-refractivity contribution is 0.749. The SMILES string of the molecule is CCc1cc2c(SCC(C)C)nc(NC)nc2s1. The fourth-order valence-electron chi connectivity index (χ4n) is 1.59. The van der Waals surface area contributed by atoms with E-state index in [1.165, 1.54) is 10.3 Å². The number of aromatic nitrogens is 2. The monoisotopic (exact) mass is 281 g/mol. The summed E-state index contributed by atoms with van der Waals surface area (Å²) >= 11 is 3.60. The summed E-state index contributed by atoms with van der Waals surface area (Å²) in [7, 11) is 1.87. The Morgan fingerprint density at radius 3 is 2.78 bits per heavy atom. The van der Waals surface area contributed by atoms with Gasteiger partial charge in [0.25, 0.3) is 0 Å². The van der Waals surface area contributed by atoms with Crippen molar-refractivity contribution >= 4 is 39.3 Å². The highest BCUT2D eigenvalue weighted by atomic mass is 32.2. The summed E-state index contributed by atoms with van der Waals surface area (Å²) in [6.07, 6.45) is 1.06. The molecule has 98 valence electrons. The van der Waals surface area contributed by atoms with Gasteiger partial charge < -0.3 is 5.32 Å². The van der Waals surface area contributed by atoms with Crippen LogP contribution in [-0.4, -0.2) is 22.8 Å². The number of rotatable bonds is 5. The third-order valence-corrected chi connectivity index (χ3v) is 5.13. The molecule has 1 N–H and O–H groups in total. The lowest BCUT2D eigenvalue weighted by Gasteiger charge is -2.06. The van der Waals surface area contributed by atoms with Gasteiger partial charge in [-0.05, 0) is 18.4 Å². The van der Waals surface area contributed by atoms with Crippen LogP contribution < -0.4 is 5.32 Å². The second-order valence-corrected chi connectivity index (χ2v) is 6.72. The van der Waals surface area contributed by atoms with Gasteiger partial charge in [-0.25, -0.2) is 9.97 Å². The average molecular weight is 281 g/mol. The number of fused-ring (bicyclic) bond motifs is 1. The first-order valence-electron chi connectivity index (χ1n) is 6.25. The topological polar surface area (TPSA) is 37.8 Å². The first-order chi connectivity index (χ1) is 8.63. The summed E-state index contributed by atoms with van der Waals surface area (Å²) in [5.41, 5.74) is 0. The van der Waals surface area contributed by atoms with Crippen LogP contribution in [0.1, 0.15) is 25.6 Å². The minimum atomic E-state index is 0.669. The van der Waals surface area contributed by atoms with Crippen LogP contribution in [0.5, 0.6) is 0 Å². The first-order valence-corrected chi connectivity index (χ1v) is 8.05. The number of thioether (sulfide) groups is 1. The molecule has 0 saturated carbocycles. The van der Waals surface area contributed by atoms with E-state index in [4.69, 9.17) is 0 Å². The summed E-state index contributed by atoms with van der Waals surface area (Å²) < 4.78 is 0. The van der Waals surface area contributed by atoms with Gasteiger partial charge in [0, 0.05) is 23.1 Å². The van der Waals surface area contributed by atoms with Crippen molar-refractivity contribution in [2.75, 3.05) is 18.1 Å². The number of nitrogens with zero attached hydrogens (tertiary/aromatic N) is 2. The number of hydrogen-bond donors (Lipinski definition) is 1. The van der Waals surface area contributed by atoms with Gasteiger partial charge in [0.05, 0.1) is 0 Å². The molecule has 2 rings (SSSR count). The van der Waals surface area contributed by atoms with E-state index >= 15 is 0 Å². The molecule has 0 saturated heterocycles. The Labute approximate surface area is 116 Å². The Hall–Kier alpha value is -0.810. The van der Waals surface area contributed by atoms with Crippen molar-refractivity contribution in [2.45, 2.75) is 32.2 Å². The van der Waals surface area contributed by atoms with E-state index in [-0.39, 0.29) is 0 Å². The van der Waals surface area contributed by atoms with Crippen LogP contribution in [-0.2, 0) is 6.42 Å². The largest absolute Gasteiger partial charge is 0.357 e. The van der Waals surface area contributed by atoms with Crippen LogP contribution in [0.4, 0.5) is 5.95 Å². The van der Waals surface area contributed by atoms with E-state index in [9.17, 15) is 0 Å². The number of aryl methyl sites for hydroxylation is 1. The highest BCUT2D eigenvalue weighted by Crippen LogP contribution is 2.33. The number of nitrogens with one attached hydrogen (secondary N) is 1. The normalized spacial score (nSPS) is 11.4. The van der Waals surface area contributed by atoms with E-state index < -0.39 is 0 Å². The predicted molar refractivity (Wildman–Crippen MR) is 81.9 cm³/mol. The van der Waals surface area contributed by atoms with E-state index in [0.717, 1.165) is 28.0 Å². The molecule has 3 nitrogen and oxygen atoms in total. The molecule has 0 radical (unpaired) electrons. The van der Waals surface area contributed by atoms with Crippen LogP contribution in [0.15, 0.2) is 11.1 Å². The standard InChI is InChI=1S/C13H19N3S2/c1-5-9-6-10-11(17-7-8(2)3)15-13(14-4)16-12(10)18-9/h6,8H,5,7H2,1-4H3,(H,14,15,16). The molecule has 0 atom stereocenters. The quantitative estimate of drug-likeness (QED) is 0.663. The first kappa shape index (κ1) is 13.6. The molecule has 0 amide bonds. The fraction of sp³-hybridized carbons (Fsp3) is 0.538. The van der Waals surface area contributed by atoms with Gasteiger partial charge in [-0.3, -0.25) is 0 Å². The Morgan fingerprint density at radius 2 is 2.17 bits per heavy atom. The predicted octanol–water partition coefficient (Wildman–Crippen LogP) is 4.04. The number of hydrogen-bond acceptors (Lipinski definition) is 5. The summed E-state index contributed by atoms with van der Waals surface area (Å²) in [6.45, 7) is 6.64. The molecule has 0 spiro atoms. The van der Waals surface area contributed by atoms with Crippen molar-refractivity contribution in [3.8, 4) is 0 Å². The molecule has 0 bridgehead atoms. The van der Waals surface area contributed by atoms with Crippen molar-refractivity contribution in [3.63, 3.8) is 0 Å². The summed E-state index contributed by atoms with van der Waals surface area (Å²) in [6, 6.07) is 2.24. The van der Waals surface area contributed by atoms with E-state index in [1.54, 1.807) is 11.3 Å². The molecule has 0 aliphatic rings. The third-order valence-electron chi connectivity index (χ3n) is 2.53. The molecule has 0 fully saturated rings. The van der Waals surface area contributed by atoms with Gasteiger partial charge in [0.2, 0.25) is 5.95 Å². The van der Waals surface area contributed by atoms with Crippen LogP contribution in [0, 0.1) is 5.92 Å². The molecule has 5 heteroatoms. The maximum atomic E-state index is 4.59. The highest BCUT2D eigenvalue weighted by Gasteiger charge is 2.11. The Bertz CT molecular complexity index is 534. The average Bonchev–Trinajstić information content (AvgIpc) is 2.78. The van der Waals surface area contributed by atoms with Gasteiger partial charge in [0.1, 0.15) is 9.86 Å². The lowest BCUT2D eigenvalue weighted by atomic mass is 10.3. The number of anilines is 1. The highest BCUT2D eigenvalue weighted by molar-refractivity contribution is 7.99. The van der Waals surface area contributed by atoms with E-state index in [1.807, 2.05) is 18.8 Å². The molecule has 18 heavy (non-hydrogen) atoms. The second-order valence-electron chi connectivity index (χ2n) is 4.59. The van der Waals surface area contributed by atoms with Crippen molar-refractivity contribution in [2.24, 2.45) is 5.92 Å². The minimum Gasteiger partial charge on any atom is -0.357 e. The fourth-order valence-corrected chi connectivity index (χ4v) is 3.57. The van der Waals surface area contributed by atoms with Gasteiger partial charge in [0.15, 0.2) is 0 Å². The maximum absolute atomic E-state index is 4.59. The summed E-state index contributed by atoms with van der Waals surface area (Å²) in [5.74, 6) is 2.48. The lowest BCUT2D eigenvalue weighted by Crippen LogP contribution is -1.98. The third kappa shape index (κ3) is 2.95. The summed E-state index contributed by atoms with van der Waals surface area (Å²) in [4.78, 5) is 11.6. The molecule has 0 unspecified atom stereocenters. The Balaban J connectivity index is 2.43. The van der Waals surface area contributed by atoms with Crippen molar-refractivity contribution in [3.05, 3.63) is 10.9 Å². The van der Waals surface area contributed by atoms with E-state index in [0.29, 0.717) is 5.92 Å². The van der Waals surface area contributed by atoms with Crippen LogP contribution in [0.2, 0.25) is 0 Å². The molecular formula is C13H19N3S2. The molecule has 2 heterocycles. The van der Waals surface area contributed by atoms with E-state index in [2.05, 4.69) is 42.1 Å². The molecule has 2 aromatic rings. The zero-order chi connectivity index (χ0) is 13.1. The minimum absolute atomic E-state index is 0.669. The van der Waals surface area contributed by atoms with Gasteiger partial charge in [-0.1, -0.05) is 20.8 Å². The smallest absolute Gasteiger partial charge is 0.224 e. The van der Waals surface area contributed by atoms with Crippen LogP contribution in [0.3, 0.4) is 0 Å². The maximum Gasteiger partial charge on any atom is 0.224 e. The Kier molecular flexibility index (Phi) is 4.45. The van der Waals surface area contributed by atoms with Crippen molar-refractivity contribution in [1.29, 1.82) is 0 Å². The number of thiophene rings is 1. The van der Waals surface area contributed by atoms with Crippen molar-refractivity contribution < 1.29 is 0 Å². The van der Waals surface area contributed by atoms with Gasteiger partial charge >= 0.3 is 0 Å². The molecular weight excluding hydrogens is 262 g/mol. The molecule has 0 aliphatic carbocycles. The zero-order valence-electron chi connectivity index (χ0n) is 11.3. The molecule has 0 aliphatic heterocycles. The zero-order valence-corrected chi connectivity index (χ0v) is 12.9. The second kappa shape index (κ2) is 5.89. The summed E-state index contributed by atoms with van der Waals surface area (Å²) in [5, 5.41) is 5.36. The van der Waals surface area contributed by atoms with Gasteiger partial charge in [-0.15, -0.1) is 23.1 Å². The molecule has 0 aromatic carbocycles. The van der Waals surface area contributed by atoms with Crippen LogP contribution >= 0.6 is 23.1 Å². The Morgan fingerprint density at radius 1 is 1.39 bits per heavy atom. The van der Waals surface area contributed by atoms with Crippen LogP contribution in [0.25, 0.3) is 10.2 Å². The van der Waals surface area contributed by atoms with Gasteiger partial charge in [-0.2, -0.15) is 0 Å².